The van der Waals surface area contributed by atoms with E-state index in [0.717, 1.165) is 40.6 Å². The number of thiazole rings is 1. The van der Waals surface area contributed by atoms with Gasteiger partial charge in [0.2, 0.25) is 0 Å². The number of nitrogens with zero attached hydrogens (tertiary/aromatic N) is 2. The van der Waals surface area contributed by atoms with E-state index in [2.05, 4.69) is 36.2 Å². The molecule has 0 radical (unpaired) electrons. The van der Waals surface area contributed by atoms with E-state index >= 15 is 0 Å². The second-order valence-corrected chi connectivity index (χ2v) is 9.03. The Morgan fingerprint density at radius 1 is 1.19 bits per heavy atom. The minimum atomic E-state index is 0.169. The Morgan fingerprint density at radius 3 is 2.77 bits per heavy atom. The van der Waals surface area contributed by atoms with E-state index in [1.807, 2.05) is 29.2 Å². The molecule has 0 aliphatic carbocycles. The summed E-state index contributed by atoms with van der Waals surface area (Å²) in [5.41, 5.74) is 3.08. The number of amides is 1. The lowest BCUT2D eigenvalue weighted by atomic mass is 10.0. The largest absolute Gasteiger partial charge is 0.336 e. The van der Waals surface area contributed by atoms with Gasteiger partial charge in [0.1, 0.15) is 0 Å². The molecular weight excluding hydrogens is 360 g/mol. The van der Waals surface area contributed by atoms with Crippen molar-refractivity contribution in [3.63, 3.8) is 0 Å². The van der Waals surface area contributed by atoms with E-state index in [4.69, 9.17) is 0 Å². The van der Waals surface area contributed by atoms with Crippen molar-refractivity contribution in [1.29, 1.82) is 0 Å². The Labute approximate surface area is 162 Å². The number of thioether (sulfide) groups is 1. The van der Waals surface area contributed by atoms with Crippen LogP contribution in [-0.4, -0.2) is 28.4 Å². The highest BCUT2D eigenvalue weighted by Gasteiger charge is 2.23. The monoisotopic (exact) mass is 382 g/mol. The predicted octanol–water partition coefficient (Wildman–Crippen LogP) is 5.60. The maximum absolute atomic E-state index is 12.7. The fourth-order valence-electron chi connectivity index (χ4n) is 3.37. The van der Waals surface area contributed by atoms with Crippen LogP contribution in [0.15, 0.2) is 52.9 Å². The number of piperidine rings is 1. The molecule has 0 saturated carbocycles. The van der Waals surface area contributed by atoms with Crippen molar-refractivity contribution in [1.82, 2.24) is 9.88 Å². The maximum Gasteiger partial charge on any atom is 0.254 e. The molecule has 1 aliphatic rings. The Hall–Kier alpha value is -1.85. The SMILES string of the molecule is CC1CCCCN1C(=O)c1ccc(CSc2nc3ccccc3s2)cc1. The molecule has 1 aliphatic heterocycles. The highest BCUT2D eigenvalue weighted by atomic mass is 32.2. The summed E-state index contributed by atoms with van der Waals surface area (Å²) in [5, 5.41) is 0. The molecule has 3 nitrogen and oxygen atoms in total. The predicted molar refractivity (Wildman–Crippen MR) is 110 cm³/mol. The van der Waals surface area contributed by atoms with Gasteiger partial charge in [0.15, 0.2) is 4.34 Å². The second-order valence-electron chi connectivity index (χ2n) is 6.78. The first kappa shape index (κ1) is 17.6. The Kier molecular flexibility index (Phi) is 5.27. The normalized spacial score (nSPS) is 17.6. The molecule has 3 aromatic rings. The lowest BCUT2D eigenvalue weighted by molar-refractivity contribution is 0.0635. The number of benzene rings is 2. The first-order valence-corrected chi connectivity index (χ1v) is 10.9. The van der Waals surface area contributed by atoms with E-state index in [0.29, 0.717) is 6.04 Å². The molecule has 1 atom stereocenters. The van der Waals surface area contributed by atoms with Crippen LogP contribution in [0.5, 0.6) is 0 Å². The van der Waals surface area contributed by atoms with Gasteiger partial charge in [0, 0.05) is 23.9 Å². The molecule has 1 saturated heterocycles. The van der Waals surface area contributed by atoms with Gasteiger partial charge in [-0.15, -0.1) is 11.3 Å². The molecule has 0 bridgehead atoms. The van der Waals surface area contributed by atoms with Crippen molar-refractivity contribution in [3.8, 4) is 0 Å². The summed E-state index contributed by atoms with van der Waals surface area (Å²) in [6.45, 7) is 3.04. The Bertz CT molecular complexity index is 871. The first-order valence-electron chi connectivity index (χ1n) is 9.09. The number of fused-ring (bicyclic) bond motifs is 1. The second kappa shape index (κ2) is 7.80. The van der Waals surface area contributed by atoms with E-state index in [1.165, 1.54) is 16.7 Å². The van der Waals surface area contributed by atoms with Gasteiger partial charge in [0.25, 0.3) is 5.91 Å². The molecular formula is C21H22N2OS2. The van der Waals surface area contributed by atoms with Gasteiger partial charge in [-0.2, -0.15) is 0 Å². The van der Waals surface area contributed by atoms with Crippen molar-refractivity contribution < 1.29 is 4.79 Å². The van der Waals surface area contributed by atoms with Crippen LogP contribution >= 0.6 is 23.1 Å². The fraction of sp³-hybridized carbons (Fsp3) is 0.333. The summed E-state index contributed by atoms with van der Waals surface area (Å²) in [6, 6.07) is 16.7. The molecule has 0 N–H and O–H groups in total. The van der Waals surface area contributed by atoms with Crippen molar-refractivity contribution >= 4 is 39.2 Å². The summed E-state index contributed by atoms with van der Waals surface area (Å²) < 4.78 is 2.32. The average molecular weight is 383 g/mol. The number of para-hydroxylation sites is 1. The molecule has 1 amide bonds. The minimum Gasteiger partial charge on any atom is -0.336 e. The van der Waals surface area contributed by atoms with Crippen molar-refractivity contribution in [3.05, 3.63) is 59.7 Å². The van der Waals surface area contributed by atoms with Crippen LogP contribution in [0.4, 0.5) is 0 Å². The van der Waals surface area contributed by atoms with Crippen LogP contribution in [0.1, 0.15) is 42.1 Å². The zero-order valence-electron chi connectivity index (χ0n) is 14.9. The van der Waals surface area contributed by atoms with Gasteiger partial charge >= 0.3 is 0 Å². The van der Waals surface area contributed by atoms with Gasteiger partial charge in [-0.3, -0.25) is 4.79 Å². The van der Waals surface area contributed by atoms with E-state index in [9.17, 15) is 4.79 Å². The Balaban J connectivity index is 1.40. The summed E-state index contributed by atoms with van der Waals surface area (Å²) in [5.74, 6) is 1.04. The fourth-order valence-corrected chi connectivity index (χ4v) is 5.39. The molecule has 1 unspecified atom stereocenters. The third-order valence-corrected chi connectivity index (χ3v) is 7.15. The van der Waals surface area contributed by atoms with Crippen LogP contribution in [0.2, 0.25) is 0 Å². The lowest BCUT2D eigenvalue weighted by Gasteiger charge is -2.33. The van der Waals surface area contributed by atoms with Crippen LogP contribution in [0.25, 0.3) is 10.2 Å². The van der Waals surface area contributed by atoms with Crippen LogP contribution < -0.4 is 0 Å². The number of aromatic nitrogens is 1. The number of likely N-dealkylation sites (tertiary alicyclic amines) is 1. The molecule has 2 aromatic carbocycles. The highest BCUT2D eigenvalue weighted by molar-refractivity contribution is 8.00. The third kappa shape index (κ3) is 3.79. The molecule has 134 valence electrons. The van der Waals surface area contributed by atoms with Crippen LogP contribution in [0.3, 0.4) is 0 Å². The molecule has 2 heterocycles. The average Bonchev–Trinajstić information content (AvgIpc) is 3.10. The smallest absolute Gasteiger partial charge is 0.254 e. The van der Waals surface area contributed by atoms with E-state index < -0.39 is 0 Å². The molecule has 26 heavy (non-hydrogen) atoms. The van der Waals surface area contributed by atoms with E-state index in [1.54, 1.807) is 23.1 Å². The van der Waals surface area contributed by atoms with Crippen LogP contribution in [0, 0.1) is 0 Å². The topological polar surface area (TPSA) is 33.2 Å². The van der Waals surface area contributed by atoms with Crippen molar-refractivity contribution in [2.24, 2.45) is 0 Å². The quantitative estimate of drug-likeness (QED) is 0.550. The maximum atomic E-state index is 12.7. The number of hydrogen-bond acceptors (Lipinski definition) is 4. The molecule has 1 aromatic heterocycles. The van der Waals surface area contributed by atoms with Gasteiger partial charge < -0.3 is 4.90 Å². The molecule has 4 rings (SSSR count). The number of carbonyl (C=O) groups is 1. The lowest BCUT2D eigenvalue weighted by Crippen LogP contribution is -2.42. The van der Waals surface area contributed by atoms with Gasteiger partial charge in [-0.1, -0.05) is 36.0 Å². The molecule has 1 fully saturated rings. The van der Waals surface area contributed by atoms with E-state index in [-0.39, 0.29) is 5.91 Å². The van der Waals surface area contributed by atoms with Gasteiger partial charge in [-0.25, -0.2) is 4.98 Å². The zero-order chi connectivity index (χ0) is 17.9. The Morgan fingerprint density at radius 2 is 2.00 bits per heavy atom. The highest BCUT2D eigenvalue weighted by Crippen LogP contribution is 2.31. The summed E-state index contributed by atoms with van der Waals surface area (Å²) in [7, 11) is 0. The van der Waals surface area contributed by atoms with Gasteiger partial charge in [0.05, 0.1) is 10.2 Å². The summed E-state index contributed by atoms with van der Waals surface area (Å²) >= 11 is 3.49. The standard InChI is InChI=1S/C21H22N2OS2/c1-15-6-4-5-13-23(15)20(24)17-11-9-16(10-12-17)14-25-21-22-18-7-2-3-8-19(18)26-21/h2-3,7-12,15H,4-6,13-14H2,1H3. The zero-order valence-corrected chi connectivity index (χ0v) is 16.5. The number of carbonyl (C=O) groups excluding carboxylic acids is 1. The van der Waals surface area contributed by atoms with Crippen molar-refractivity contribution in [2.45, 2.75) is 42.3 Å². The first-order chi connectivity index (χ1) is 12.7. The van der Waals surface area contributed by atoms with Crippen LogP contribution in [-0.2, 0) is 5.75 Å². The van der Waals surface area contributed by atoms with Gasteiger partial charge in [-0.05, 0) is 56.0 Å². The van der Waals surface area contributed by atoms with Crippen molar-refractivity contribution in [2.75, 3.05) is 6.54 Å². The molecule has 5 heteroatoms. The minimum absolute atomic E-state index is 0.169. The molecule has 0 spiro atoms. The summed E-state index contributed by atoms with van der Waals surface area (Å²) in [4.78, 5) is 19.4. The number of hydrogen-bond donors (Lipinski definition) is 0. The third-order valence-electron chi connectivity index (χ3n) is 4.90. The summed E-state index contributed by atoms with van der Waals surface area (Å²) in [6.07, 6.45) is 3.46. The number of rotatable bonds is 4.